The van der Waals surface area contributed by atoms with Gasteiger partial charge in [-0.15, -0.1) is 0 Å². The number of aromatic nitrogens is 3. The summed E-state index contributed by atoms with van der Waals surface area (Å²) in [6.45, 7) is 1.80. The molecule has 0 atom stereocenters. The molecule has 2 aromatic heterocycles. The number of nitrogens with zero attached hydrogens (tertiary/aromatic N) is 3. The number of rotatable bonds is 5. The average Bonchev–Trinajstić information content (AvgIpc) is 3.15. The second-order valence-corrected chi connectivity index (χ2v) is 10.7. The van der Waals surface area contributed by atoms with Gasteiger partial charge in [-0.2, -0.15) is 0 Å². The Kier molecular flexibility index (Phi) is 4.56. The number of amides is 1. The molecule has 1 N–H and O–H groups in total. The van der Waals surface area contributed by atoms with Crippen LogP contribution in [0.1, 0.15) is 50.1 Å². The third-order valence-corrected chi connectivity index (χ3v) is 8.31. The number of nitrogens with one attached hydrogen (secondary N) is 1. The zero-order chi connectivity index (χ0) is 21.0. The van der Waals surface area contributed by atoms with Crippen molar-refractivity contribution in [3.05, 3.63) is 41.9 Å². The molecule has 4 aliphatic carbocycles. The molecule has 1 aromatic carbocycles. The van der Waals surface area contributed by atoms with E-state index in [0.717, 1.165) is 39.5 Å². The second kappa shape index (κ2) is 7.33. The molecule has 6 nitrogen and oxygen atoms in total. The van der Waals surface area contributed by atoms with Crippen LogP contribution in [-0.2, 0) is 10.2 Å². The summed E-state index contributed by atoms with van der Waals surface area (Å²) in [5.74, 6) is 4.82. The standard InChI is InChI=1S/C24H26N4O2S/c1-14-6-20(28-30-14)26-21(29)13-31-22-18-4-2-3-5-19(18)25-23(27-22)24-10-15-7-16(11-24)9-17(8-15)12-24/h2-6,15-17H,7-13H2,1H3,(H,26,28,29). The van der Waals surface area contributed by atoms with Crippen molar-refractivity contribution < 1.29 is 9.32 Å². The van der Waals surface area contributed by atoms with Gasteiger partial charge in [0.25, 0.3) is 0 Å². The van der Waals surface area contributed by atoms with Crippen molar-refractivity contribution >= 4 is 34.4 Å². The van der Waals surface area contributed by atoms with Gasteiger partial charge in [0.15, 0.2) is 5.82 Å². The molecule has 7 heteroatoms. The molecule has 31 heavy (non-hydrogen) atoms. The first kappa shape index (κ1) is 19.3. The Hall–Kier alpha value is -2.41. The summed E-state index contributed by atoms with van der Waals surface area (Å²) in [6, 6.07) is 9.89. The van der Waals surface area contributed by atoms with Crippen LogP contribution in [0.15, 0.2) is 39.9 Å². The van der Waals surface area contributed by atoms with Gasteiger partial charge in [0.2, 0.25) is 5.91 Å². The van der Waals surface area contributed by atoms with Gasteiger partial charge in [-0.25, -0.2) is 9.97 Å². The minimum absolute atomic E-state index is 0.114. The number of anilines is 1. The van der Waals surface area contributed by atoms with Crippen molar-refractivity contribution in [2.24, 2.45) is 17.8 Å². The third kappa shape index (κ3) is 3.53. The summed E-state index contributed by atoms with van der Waals surface area (Å²) in [5, 5.41) is 8.56. The summed E-state index contributed by atoms with van der Waals surface area (Å²) >= 11 is 1.48. The first-order valence-electron chi connectivity index (χ1n) is 11.2. The van der Waals surface area contributed by atoms with E-state index in [1.807, 2.05) is 12.1 Å². The van der Waals surface area contributed by atoms with Gasteiger partial charge in [0.05, 0.1) is 11.3 Å². The Morgan fingerprint density at radius 2 is 1.84 bits per heavy atom. The molecule has 0 spiro atoms. The van der Waals surface area contributed by atoms with E-state index in [1.54, 1.807) is 13.0 Å². The number of para-hydroxylation sites is 1. The number of thioether (sulfide) groups is 1. The summed E-state index contributed by atoms with van der Waals surface area (Å²) in [5.41, 5.74) is 1.12. The number of benzene rings is 1. The molecule has 3 aromatic rings. The van der Waals surface area contributed by atoms with E-state index in [2.05, 4.69) is 22.6 Å². The van der Waals surface area contributed by atoms with Crippen LogP contribution >= 0.6 is 11.8 Å². The Labute approximate surface area is 185 Å². The molecular weight excluding hydrogens is 408 g/mol. The van der Waals surface area contributed by atoms with E-state index in [9.17, 15) is 4.79 Å². The predicted octanol–water partition coefficient (Wildman–Crippen LogP) is 5.12. The second-order valence-electron chi connectivity index (χ2n) is 9.73. The van der Waals surface area contributed by atoms with Crippen molar-refractivity contribution in [3.8, 4) is 0 Å². The Morgan fingerprint density at radius 1 is 1.13 bits per heavy atom. The van der Waals surface area contributed by atoms with Crippen LogP contribution in [0.3, 0.4) is 0 Å². The first-order valence-corrected chi connectivity index (χ1v) is 12.2. The molecule has 0 aliphatic heterocycles. The van der Waals surface area contributed by atoms with E-state index in [1.165, 1.54) is 50.3 Å². The molecule has 4 fully saturated rings. The lowest BCUT2D eigenvalue weighted by molar-refractivity contribution is -0.113. The van der Waals surface area contributed by atoms with Crippen LogP contribution in [0.2, 0.25) is 0 Å². The number of carbonyl (C=O) groups excluding carboxylic acids is 1. The lowest BCUT2D eigenvalue weighted by atomic mass is 9.49. The van der Waals surface area contributed by atoms with E-state index < -0.39 is 0 Å². The fraction of sp³-hybridized carbons (Fsp3) is 0.500. The Morgan fingerprint density at radius 3 is 2.52 bits per heavy atom. The zero-order valence-corrected chi connectivity index (χ0v) is 18.5. The quantitative estimate of drug-likeness (QED) is 0.443. The van der Waals surface area contributed by atoms with Gasteiger partial charge in [-0.3, -0.25) is 4.79 Å². The van der Waals surface area contributed by atoms with Gasteiger partial charge in [0, 0.05) is 16.9 Å². The van der Waals surface area contributed by atoms with Crippen molar-refractivity contribution in [3.63, 3.8) is 0 Å². The predicted molar refractivity (Wildman–Crippen MR) is 120 cm³/mol. The molecule has 4 bridgehead atoms. The van der Waals surface area contributed by atoms with Crippen LogP contribution in [-0.4, -0.2) is 26.8 Å². The van der Waals surface area contributed by atoms with Crippen LogP contribution in [0, 0.1) is 24.7 Å². The lowest BCUT2D eigenvalue weighted by Gasteiger charge is -2.56. The average molecular weight is 435 g/mol. The molecule has 1 amide bonds. The van der Waals surface area contributed by atoms with Crippen molar-refractivity contribution in [1.82, 2.24) is 15.1 Å². The fourth-order valence-electron chi connectivity index (χ4n) is 6.52. The maximum Gasteiger partial charge on any atom is 0.236 e. The molecular formula is C24H26N4O2S. The summed E-state index contributed by atoms with van der Waals surface area (Å²) < 4.78 is 5.03. The monoisotopic (exact) mass is 434 g/mol. The van der Waals surface area contributed by atoms with Crippen LogP contribution < -0.4 is 5.32 Å². The number of aryl methyl sites for hydroxylation is 1. The van der Waals surface area contributed by atoms with E-state index in [4.69, 9.17) is 14.5 Å². The highest BCUT2D eigenvalue weighted by molar-refractivity contribution is 8.00. The van der Waals surface area contributed by atoms with Gasteiger partial charge in [0.1, 0.15) is 16.6 Å². The topological polar surface area (TPSA) is 80.9 Å². The summed E-state index contributed by atoms with van der Waals surface area (Å²) in [6.07, 6.45) is 7.89. The SMILES string of the molecule is Cc1cc(NC(=O)CSc2nc(C34CC5CC(CC(C5)C3)C4)nc3ccccc23)no1. The molecule has 0 radical (unpaired) electrons. The number of carbonyl (C=O) groups is 1. The first-order chi connectivity index (χ1) is 15.1. The normalized spacial score (nSPS) is 28.9. The molecule has 160 valence electrons. The van der Waals surface area contributed by atoms with Crippen LogP contribution in [0.5, 0.6) is 0 Å². The third-order valence-electron chi connectivity index (χ3n) is 7.32. The fourth-order valence-corrected chi connectivity index (χ4v) is 7.34. The largest absolute Gasteiger partial charge is 0.360 e. The van der Waals surface area contributed by atoms with Gasteiger partial charge >= 0.3 is 0 Å². The maximum atomic E-state index is 12.5. The molecule has 4 saturated carbocycles. The highest BCUT2D eigenvalue weighted by Gasteiger charge is 2.53. The van der Waals surface area contributed by atoms with E-state index in [-0.39, 0.29) is 17.1 Å². The smallest absolute Gasteiger partial charge is 0.236 e. The number of hydrogen-bond donors (Lipinski definition) is 1. The number of fused-ring (bicyclic) bond motifs is 1. The van der Waals surface area contributed by atoms with E-state index in [0.29, 0.717) is 11.6 Å². The molecule has 7 rings (SSSR count). The van der Waals surface area contributed by atoms with Crippen molar-refractivity contribution in [1.29, 1.82) is 0 Å². The van der Waals surface area contributed by atoms with Crippen LogP contribution in [0.25, 0.3) is 10.9 Å². The highest BCUT2D eigenvalue weighted by Crippen LogP contribution is 2.60. The lowest BCUT2D eigenvalue weighted by Crippen LogP contribution is -2.49. The van der Waals surface area contributed by atoms with Crippen molar-refractivity contribution in [2.45, 2.75) is 55.9 Å². The highest BCUT2D eigenvalue weighted by atomic mass is 32.2. The van der Waals surface area contributed by atoms with Gasteiger partial charge in [-0.1, -0.05) is 35.1 Å². The van der Waals surface area contributed by atoms with Crippen molar-refractivity contribution in [2.75, 3.05) is 11.1 Å². The maximum absolute atomic E-state index is 12.5. The van der Waals surface area contributed by atoms with Crippen LogP contribution in [0.4, 0.5) is 5.82 Å². The number of hydrogen-bond acceptors (Lipinski definition) is 6. The minimum atomic E-state index is -0.114. The Bertz CT molecular complexity index is 1120. The minimum Gasteiger partial charge on any atom is -0.360 e. The van der Waals surface area contributed by atoms with Gasteiger partial charge in [-0.05, 0) is 69.3 Å². The van der Waals surface area contributed by atoms with Gasteiger partial charge < -0.3 is 9.84 Å². The molecule has 0 unspecified atom stereocenters. The summed E-state index contributed by atoms with van der Waals surface area (Å²) in [7, 11) is 0. The molecule has 4 aliphatic rings. The van der Waals surface area contributed by atoms with E-state index >= 15 is 0 Å². The Balaban J connectivity index is 1.29. The summed E-state index contributed by atoms with van der Waals surface area (Å²) in [4.78, 5) is 22.7. The molecule has 2 heterocycles. The molecule has 0 saturated heterocycles. The zero-order valence-electron chi connectivity index (χ0n) is 17.6.